The molecule has 1 aliphatic heterocycles. The third kappa shape index (κ3) is 5.58. The van der Waals surface area contributed by atoms with E-state index in [-0.39, 0.29) is 5.91 Å². The van der Waals surface area contributed by atoms with Crippen LogP contribution in [0.4, 0.5) is 0 Å². The van der Waals surface area contributed by atoms with Crippen molar-refractivity contribution in [3.8, 4) is 17.1 Å². The number of carbonyl (C=O) groups excluding carboxylic acids is 1. The van der Waals surface area contributed by atoms with Crippen LogP contribution in [0.1, 0.15) is 39.9 Å². The number of hydrogen-bond acceptors (Lipinski definition) is 7. The highest BCUT2D eigenvalue weighted by atomic mass is 16.3. The van der Waals surface area contributed by atoms with Crippen molar-refractivity contribution < 1.29 is 9.90 Å². The Labute approximate surface area is 209 Å². The number of H-pyrrole nitrogens is 1. The lowest BCUT2D eigenvalue weighted by Crippen LogP contribution is -2.32. The first-order valence-corrected chi connectivity index (χ1v) is 12.1. The quantitative estimate of drug-likeness (QED) is 0.352. The van der Waals surface area contributed by atoms with Crippen LogP contribution in [0, 0.1) is 0 Å². The first kappa shape index (κ1) is 23.6. The summed E-state index contributed by atoms with van der Waals surface area (Å²) in [5.74, 6) is 0.785. The standard InChI is InChI=1S/C27H29N7O2/c1-34(17-19-12-22(16-28-15-19)26-30-32-33-31-26)27(36)20-8-6-18(7-9-20)13-23-10-11-24(29-23)14-21-4-2-3-5-25(21)35/h2-9,12,15-16,23-24,29,35H,10-11,13-14,17H2,1H3,(H,30,31,32,33)/t23-,24+/m0/s1. The van der Waals surface area contributed by atoms with Crippen molar-refractivity contribution in [2.75, 3.05) is 7.05 Å². The van der Waals surface area contributed by atoms with Gasteiger partial charge in [-0.2, -0.15) is 5.21 Å². The Balaban J connectivity index is 1.15. The normalized spacial score (nSPS) is 17.2. The molecule has 2 atom stereocenters. The molecule has 4 aromatic rings. The Hall–Kier alpha value is -4.11. The lowest BCUT2D eigenvalue weighted by atomic mass is 10.0. The number of benzene rings is 2. The van der Waals surface area contributed by atoms with Crippen molar-refractivity contribution in [3.63, 3.8) is 0 Å². The van der Waals surface area contributed by atoms with Gasteiger partial charge in [-0.15, -0.1) is 10.2 Å². The maximum Gasteiger partial charge on any atom is 0.253 e. The zero-order valence-corrected chi connectivity index (χ0v) is 20.1. The summed E-state index contributed by atoms with van der Waals surface area (Å²) < 4.78 is 0. The highest BCUT2D eigenvalue weighted by molar-refractivity contribution is 5.94. The second-order valence-electron chi connectivity index (χ2n) is 9.35. The summed E-state index contributed by atoms with van der Waals surface area (Å²) in [5, 5.41) is 27.7. The molecule has 0 saturated carbocycles. The summed E-state index contributed by atoms with van der Waals surface area (Å²) in [6, 6.07) is 18.1. The maximum atomic E-state index is 13.0. The zero-order chi connectivity index (χ0) is 24.9. The van der Waals surface area contributed by atoms with Crippen molar-refractivity contribution in [2.24, 2.45) is 0 Å². The molecule has 0 aliphatic carbocycles. The van der Waals surface area contributed by atoms with E-state index in [1.165, 1.54) is 5.56 Å². The Morgan fingerprint density at radius 1 is 1.03 bits per heavy atom. The molecule has 0 unspecified atom stereocenters. The predicted octanol–water partition coefficient (Wildman–Crippen LogP) is 3.15. The Morgan fingerprint density at radius 2 is 1.81 bits per heavy atom. The fourth-order valence-electron chi connectivity index (χ4n) is 4.79. The van der Waals surface area contributed by atoms with Crippen molar-refractivity contribution >= 4 is 5.91 Å². The second kappa shape index (κ2) is 10.7. The van der Waals surface area contributed by atoms with Gasteiger partial charge in [0.1, 0.15) is 5.75 Å². The van der Waals surface area contributed by atoms with E-state index in [0.29, 0.717) is 35.8 Å². The predicted molar refractivity (Wildman–Crippen MR) is 135 cm³/mol. The van der Waals surface area contributed by atoms with E-state index in [1.54, 1.807) is 30.4 Å². The zero-order valence-electron chi connectivity index (χ0n) is 20.1. The first-order valence-electron chi connectivity index (χ1n) is 12.1. The molecule has 9 nitrogen and oxygen atoms in total. The molecule has 1 aliphatic rings. The van der Waals surface area contributed by atoms with Crippen LogP contribution in [0.25, 0.3) is 11.4 Å². The van der Waals surface area contributed by atoms with Gasteiger partial charge in [0.05, 0.1) is 0 Å². The van der Waals surface area contributed by atoms with Crippen LogP contribution in [-0.4, -0.2) is 60.7 Å². The van der Waals surface area contributed by atoms with E-state index >= 15 is 0 Å². The van der Waals surface area contributed by atoms with Gasteiger partial charge in [-0.3, -0.25) is 9.78 Å². The smallest absolute Gasteiger partial charge is 0.253 e. The summed E-state index contributed by atoms with van der Waals surface area (Å²) >= 11 is 0. The minimum atomic E-state index is -0.0479. The van der Waals surface area contributed by atoms with Crippen molar-refractivity contribution in [1.82, 2.24) is 35.8 Å². The van der Waals surface area contributed by atoms with Crippen LogP contribution in [-0.2, 0) is 19.4 Å². The van der Waals surface area contributed by atoms with Gasteiger partial charge in [0.25, 0.3) is 5.91 Å². The number of aromatic amines is 1. The third-order valence-corrected chi connectivity index (χ3v) is 6.64. The molecule has 0 radical (unpaired) electrons. The Kier molecular flexibility index (Phi) is 6.99. The lowest BCUT2D eigenvalue weighted by Gasteiger charge is -2.18. The number of para-hydroxylation sites is 1. The molecule has 0 spiro atoms. The largest absolute Gasteiger partial charge is 0.508 e. The maximum absolute atomic E-state index is 13.0. The molecule has 1 fully saturated rings. The molecule has 3 heterocycles. The lowest BCUT2D eigenvalue weighted by molar-refractivity contribution is 0.0785. The van der Waals surface area contributed by atoms with E-state index in [4.69, 9.17) is 0 Å². The fourth-order valence-corrected chi connectivity index (χ4v) is 4.79. The highest BCUT2D eigenvalue weighted by Gasteiger charge is 2.24. The van der Waals surface area contributed by atoms with Gasteiger partial charge < -0.3 is 15.3 Å². The van der Waals surface area contributed by atoms with Crippen LogP contribution < -0.4 is 5.32 Å². The van der Waals surface area contributed by atoms with Crippen LogP contribution in [0.2, 0.25) is 0 Å². The van der Waals surface area contributed by atoms with Gasteiger partial charge in [0, 0.05) is 49.2 Å². The molecule has 184 valence electrons. The number of hydrogen-bond donors (Lipinski definition) is 3. The van der Waals surface area contributed by atoms with E-state index in [9.17, 15) is 9.90 Å². The number of amides is 1. The molecule has 1 saturated heterocycles. The van der Waals surface area contributed by atoms with E-state index < -0.39 is 0 Å². The molecule has 1 amide bonds. The number of tetrazole rings is 1. The van der Waals surface area contributed by atoms with Gasteiger partial charge in [0.15, 0.2) is 0 Å². The SMILES string of the molecule is CN(Cc1cncc(-c2nn[nH]n2)c1)C(=O)c1ccc(C[C@@H]2CC[C@H](Cc3ccccc3O)N2)cc1. The monoisotopic (exact) mass is 483 g/mol. The van der Waals surface area contributed by atoms with Crippen molar-refractivity contribution in [3.05, 3.63) is 89.2 Å². The van der Waals surface area contributed by atoms with E-state index in [0.717, 1.165) is 42.4 Å². The molecule has 0 bridgehead atoms. The summed E-state index contributed by atoms with van der Waals surface area (Å²) in [4.78, 5) is 18.9. The number of nitrogens with zero attached hydrogens (tertiary/aromatic N) is 5. The van der Waals surface area contributed by atoms with Gasteiger partial charge in [-0.25, -0.2) is 0 Å². The minimum absolute atomic E-state index is 0.0479. The van der Waals surface area contributed by atoms with Crippen LogP contribution in [0.3, 0.4) is 0 Å². The number of rotatable bonds is 8. The number of nitrogens with one attached hydrogen (secondary N) is 2. The molecular formula is C27H29N7O2. The van der Waals surface area contributed by atoms with E-state index in [1.807, 2.05) is 48.5 Å². The molecular weight excluding hydrogens is 454 g/mol. The van der Waals surface area contributed by atoms with Crippen molar-refractivity contribution in [2.45, 2.75) is 44.3 Å². The number of aromatic nitrogens is 5. The van der Waals surface area contributed by atoms with E-state index in [2.05, 4.69) is 30.9 Å². The van der Waals surface area contributed by atoms with Crippen LogP contribution in [0.5, 0.6) is 5.75 Å². The van der Waals surface area contributed by atoms with Gasteiger partial charge in [-0.1, -0.05) is 30.3 Å². The minimum Gasteiger partial charge on any atom is -0.508 e. The molecule has 2 aromatic carbocycles. The Bertz CT molecular complexity index is 1310. The molecule has 3 N–H and O–H groups in total. The number of aromatic hydroxyl groups is 1. The summed E-state index contributed by atoms with van der Waals surface area (Å²) in [6.07, 6.45) is 7.33. The van der Waals surface area contributed by atoms with Gasteiger partial charge >= 0.3 is 0 Å². The molecule has 36 heavy (non-hydrogen) atoms. The fraction of sp³-hybridized carbons (Fsp3) is 0.296. The third-order valence-electron chi connectivity index (χ3n) is 6.64. The van der Waals surface area contributed by atoms with Gasteiger partial charge in [-0.05, 0) is 71.9 Å². The summed E-state index contributed by atoms with van der Waals surface area (Å²) in [6.45, 7) is 0.420. The Morgan fingerprint density at radius 3 is 2.56 bits per heavy atom. The second-order valence-corrected chi connectivity index (χ2v) is 9.35. The summed E-state index contributed by atoms with van der Waals surface area (Å²) in [7, 11) is 1.78. The van der Waals surface area contributed by atoms with Crippen molar-refractivity contribution in [1.29, 1.82) is 0 Å². The average molecular weight is 484 g/mol. The number of phenols is 1. The van der Waals surface area contributed by atoms with Crippen LogP contribution >= 0.6 is 0 Å². The molecule has 9 heteroatoms. The molecule has 2 aromatic heterocycles. The van der Waals surface area contributed by atoms with Gasteiger partial charge in [0.2, 0.25) is 5.82 Å². The number of phenolic OH excluding ortho intramolecular Hbond substituents is 1. The number of carbonyl (C=O) groups is 1. The topological polar surface area (TPSA) is 120 Å². The first-order chi connectivity index (χ1) is 17.5. The van der Waals surface area contributed by atoms with Crippen LogP contribution in [0.15, 0.2) is 67.0 Å². The molecule has 5 rings (SSSR count). The average Bonchev–Trinajstić information content (AvgIpc) is 3.58. The summed E-state index contributed by atoms with van der Waals surface area (Å²) in [5.41, 5.74) is 4.47. The highest BCUT2D eigenvalue weighted by Crippen LogP contribution is 2.24. The number of pyridine rings is 1.